The molecule has 1 aromatic heterocycles. The van der Waals surface area contributed by atoms with Gasteiger partial charge in [0.25, 0.3) is 5.91 Å². The highest BCUT2D eigenvalue weighted by Gasteiger charge is 2.16. The van der Waals surface area contributed by atoms with E-state index in [1.165, 1.54) is 16.7 Å². The van der Waals surface area contributed by atoms with Crippen LogP contribution in [0, 0.1) is 0 Å². The number of rotatable bonds is 4. The van der Waals surface area contributed by atoms with Crippen LogP contribution < -0.4 is 14.8 Å². The van der Waals surface area contributed by atoms with Gasteiger partial charge in [-0.05, 0) is 18.2 Å². The lowest BCUT2D eigenvalue weighted by atomic mass is 10.2. The molecule has 1 aliphatic heterocycles. The minimum Gasteiger partial charge on any atom is -0.476 e. The van der Waals surface area contributed by atoms with E-state index in [2.05, 4.69) is 10.3 Å². The number of hydrogen-bond donors (Lipinski definition) is 2. The van der Waals surface area contributed by atoms with E-state index in [9.17, 15) is 9.59 Å². The summed E-state index contributed by atoms with van der Waals surface area (Å²) in [7, 11) is 0. The SMILES string of the molecule is O=C(NCc1nc(C(=O)O)cs1)c1ccc2c(c1)OCO2. The molecule has 1 aromatic carbocycles. The van der Waals surface area contributed by atoms with Gasteiger partial charge in [0.1, 0.15) is 5.01 Å². The molecule has 21 heavy (non-hydrogen) atoms. The standard InChI is InChI=1S/C13H10N2O5S/c16-12(7-1-2-9-10(3-7)20-6-19-9)14-4-11-15-8(5-21-11)13(17)18/h1-3,5H,4,6H2,(H,14,16)(H,17,18). The molecule has 0 aliphatic carbocycles. The van der Waals surface area contributed by atoms with E-state index >= 15 is 0 Å². The third-order valence-corrected chi connectivity index (χ3v) is 3.65. The van der Waals surface area contributed by atoms with Gasteiger partial charge in [-0.3, -0.25) is 4.79 Å². The van der Waals surface area contributed by atoms with Gasteiger partial charge < -0.3 is 19.9 Å². The lowest BCUT2D eigenvalue weighted by Gasteiger charge is -2.04. The third-order valence-electron chi connectivity index (χ3n) is 2.81. The van der Waals surface area contributed by atoms with E-state index in [4.69, 9.17) is 14.6 Å². The number of carbonyl (C=O) groups is 2. The predicted molar refractivity (Wildman–Crippen MR) is 72.8 cm³/mol. The summed E-state index contributed by atoms with van der Waals surface area (Å²) >= 11 is 1.18. The summed E-state index contributed by atoms with van der Waals surface area (Å²) in [6.45, 7) is 0.322. The molecule has 0 unspecified atom stereocenters. The zero-order valence-corrected chi connectivity index (χ0v) is 11.5. The number of nitrogens with one attached hydrogen (secondary N) is 1. The van der Waals surface area contributed by atoms with Crippen molar-refractivity contribution in [2.45, 2.75) is 6.54 Å². The maximum absolute atomic E-state index is 12.0. The van der Waals surface area contributed by atoms with Crippen LogP contribution in [0.4, 0.5) is 0 Å². The van der Waals surface area contributed by atoms with Crippen LogP contribution >= 0.6 is 11.3 Å². The molecule has 0 radical (unpaired) electrons. The van der Waals surface area contributed by atoms with Gasteiger partial charge in [0.15, 0.2) is 17.2 Å². The number of carbonyl (C=O) groups excluding carboxylic acids is 1. The molecule has 2 heterocycles. The second kappa shape index (κ2) is 5.41. The maximum Gasteiger partial charge on any atom is 0.355 e. The molecule has 3 rings (SSSR count). The molecule has 7 nitrogen and oxygen atoms in total. The summed E-state index contributed by atoms with van der Waals surface area (Å²) in [5, 5.41) is 13.4. The predicted octanol–water partition coefficient (Wildman–Crippen LogP) is 1.50. The fourth-order valence-electron chi connectivity index (χ4n) is 1.79. The summed E-state index contributed by atoms with van der Waals surface area (Å²) in [5.74, 6) is -0.234. The Morgan fingerprint density at radius 2 is 2.14 bits per heavy atom. The zero-order valence-electron chi connectivity index (χ0n) is 10.7. The molecule has 2 aromatic rings. The highest BCUT2D eigenvalue weighted by Crippen LogP contribution is 2.32. The van der Waals surface area contributed by atoms with E-state index in [1.54, 1.807) is 18.2 Å². The summed E-state index contributed by atoms with van der Waals surface area (Å²) < 4.78 is 10.4. The van der Waals surface area contributed by atoms with Crippen LogP contribution in [0.5, 0.6) is 11.5 Å². The number of hydrogen-bond acceptors (Lipinski definition) is 6. The molecule has 0 saturated heterocycles. The van der Waals surface area contributed by atoms with Crippen LogP contribution in [0.1, 0.15) is 25.9 Å². The van der Waals surface area contributed by atoms with Crippen LogP contribution in [0.15, 0.2) is 23.6 Å². The Balaban J connectivity index is 1.64. The van der Waals surface area contributed by atoms with Crippen molar-refractivity contribution < 1.29 is 24.2 Å². The number of thiazole rings is 1. The van der Waals surface area contributed by atoms with Crippen molar-refractivity contribution in [3.63, 3.8) is 0 Å². The molecular formula is C13H10N2O5S. The quantitative estimate of drug-likeness (QED) is 0.888. The molecule has 2 N–H and O–H groups in total. The normalized spacial score (nSPS) is 12.2. The lowest BCUT2D eigenvalue weighted by Crippen LogP contribution is -2.22. The van der Waals surface area contributed by atoms with Gasteiger partial charge in [-0.1, -0.05) is 0 Å². The number of aromatic carboxylic acids is 1. The molecule has 0 fully saturated rings. The third kappa shape index (κ3) is 2.79. The first-order chi connectivity index (χ1) is 10.1. The fraction of sp³-hybridized carbons (Fsp3) is 0.154. The molecule has 0 saturated carbocycles. The second-order valence-electron chi connectivity index (χ2n) is 4.18. The molecule has 108 valence electrons. The van der Waals surface area contributed by atoms with E-state index in [1.807, 2.05) is 0 Å². The second-order valence-corrected chi connectivity index (χ2v) is 5.13. The van der Waals surface area contributed by atoms with E-state index in [0.717, 1.165) is 0 Å². The molecular weight excluding hydrogens is 296 g/mol. The van der Waals surface area contributed by atoms with Crippen molar-refractivity contribution in [2.75, 3.05) is 6.79 Å². The average Bonchev–Trinajstić information content (AvgIpc) is 3.12. The zero-order chi connectivity index (χ0) is 14.8. The van der Waals surface area contributed by atoms with Gasteiger partial charge in [0.05, 0.1) is 6.54 Å². The smallest absolute Gasteiger partial charge is 0.355 e. The van der Waals surface area contributed by atoms with Crippen molar-refractivity contribution in [3.05, 3.63) is 39.8 Å². The molecule has 0 spiro atoms. The highest BCUT2D eigenvalue weighted by molar-refractivity contribution is 7.09. The van der Waals surface area contributed by atoms with Crippen molar-refractivity contribution in [1.29, 1.82) is 0 Å². The molecule has 8 heteroatoms. The van der Waals surface area contributed by atoms with Crippen molar-refractivity contribution in [1.82, 2.24) is 10.3 Å². The topological polar surface area (TPSA) is 97.8 Å². The summed E-state index contributed by atoms with van der Waals surface area (Å²) in [6, 6.07) is 4.90. The highest BCUT2D eigenvalue weighted by atomic mass is 32.1. The number of amides is 1. The Bertz CT molecular complexity index is 712. The molecule has 0 atom stereocenters. The summed E-state index contributed by atoms with van der Waals surface area (Å²) in [4.78, 5) is 26.6. The van der Waals surface area contributed by atoms with Gasteiger partial charge in [-0.25, -0.2) is 9.78 Å². The van der Waals surface area contributed by atoms with Crippen molar-refractivity contribution >= 4 is 23.2 Å². The Labute approximate surface area is 123 Å². The minimum absolute atomic E-state index is 0.0210. The molecule has 1 amide bonds. The molecule has 0 bridgehead atoms. The summed E-state index contributed by atoms with van der Waals surface area (Å²) in [5.41, 5.74) is 0.418. The number of nitrogens with zero attached hydrogens (tertiary/aromatic N) is 1. The van der Waals surface area contributed by atoms with Gasteiger partial charge >= 0.3 is 5.97 Å². The van der Waals surface area contributed by atoms with E-state index in [-0.39, 0.29) is 24.9 Å². The summed E-state index contributed by atoms with van der Waals surface area (Å²) in [6.07, 6.45) is 0. The van der Waals surface area contributed by atoms with E-state index < -0.39 is 5.97 Å². The van der Waals surface area contributed by atoms with Gasteiger partial charge in [0, 0.05) is 10.9 Å². The number of fused-ring (bicyclic) bond motifs is 1. The van der Waals surface area contributed by atoms with E-state index in [0.29, 0.717) is 22.1 Å². The maximum atomic E-state index is 12.0. The van der Waals surface area contributed by atoms with Crippen LogP contribution in [0.25, 0.3) is 0 Å². The Hall–Kier alpha value is -2.61. The van der Waals surface area contributed by atoms with Crippen molar-refractivity contribution in [3.8, 4) is 11.5 Å². The largest absolute Gasteiger partial charge is 0.476 e. The number of aromatic nitrogens is 1. The Kier molecular flexibility index (Phi) is 3.44. The van der Waals surface area contributed by atoms with Crippen LogP contribution in [0.3, 0.4) is 0 Å². The number of ether oxygens (including phenoxy) is 2. The number of benzene rings is 1. The van der Waals surface area contributed by atoms with Crippen LogP contribution in [-0.4, -0.2) is 28.8 Å². The minimum atomic E-state index is -1.08. The lowest BCUT2D eigenvalue weighted by molar-refractivity contribution is 0.0691. The Morgan fingerprint density at radius 1 is 1.33 bits per heavy atom. The van der Waals surface area contributed by atoms with Gasteiger partial charge in [0.2, 0.25) is 6.79 Å². The fourth-order valence-corrected chi connectivity index (χ4v) is 2.49. The number of carboxylic acid groups (broad SMARTS) is 1. The van der Waals surface area contributed by atoms with Crippen molar-refractivity contribution in [2.24, 2.45) is 0 Å². The Morgan fingerprint density at radius 3 is 2.90 bits per heavy atom. The first kappa shape index (κ1) is 13.4. The molecule has 1 aliphatic rings. The monoisotopic (exact) mass is 306 g/mol. The first-order valence-electron chi connectivity index (χ1n) is 5.99. The van der Waals surface area contributed by atoms with Gasteiger partial charge in [-0.15, -0.1) is 11.3 Å². The number of carboxylic acids is 1. The first-order valence-corrected chi connectivity index (χ1v) is 6.87. The van der Waals surface area contributed by atoms with Gasteiger partial charge in [-0.2, -0.15) is 0 Å². The average molecular weight is 306 g/mol. The van der Waals surface area contributed by atoms with Crippen LogP contribution in [-0.2, 0) is 6.54 Å². The van der Waals surface area contributed by atoms with Crippen LogP contribution in [0.2, 0.25) is 0 Å².